The van der Waals surface area contributed by atoms with Crippen LogP contribution in [0, 0.1) is 5.41 Å². The van der Waals surface area contributed by atoms with E-state index in [0.29, 0.717) is 13.0 Å². The van der Waals surface area contributed by atoms with E-state index < -0.39 is 0 Å². The van der Waals surface area contributed by atoms with Crippen LogP contribution in [0.3, 0.4) is 0 Å². The Bertz CT molecular complexity index is 491. The van der Waals surface area contributed by atoms with E-state index in [0.717, 1.165) is 24.9 Å². The van der Waals surface area contributed by atoms with Gasteiger partial charge in [-0.25, -0.2) is 0 Å². The van der Waals surface area contributed by atoms with Gasteiger partial charge in [0.15, 0.2) is 0 Å². The molecule has 1 saturated heterocycles. The molecule has 1 aromatic heterocycles. The van der Waals surface area contributed by atoms with Crippen molar-refractivity contribution in [2.45, 2.75) is 19.3 Å². The predicted molar refractivity (Wildman–Crippen MR) is 74.4 cm³/mol. The van der Waals surface area contributed by atoms with Crippen molar-refractivity contribution in [2.75, 3.05) is 19.6 Å². The van der Waals surface area contributed by atoms with Gasteiger partial charge in [-0.1, -0.05) is 6.07 Å². The number of likely N-dealkylation sites (tertiary alicyclic amines) is 1. The van der Waals surface area contributed by atoms with E-state index in [1.54, 1.807) is 12.4 Å². The summed E-state index contributed by atoms with van der Waals surface area (Å²) < 4.78 is 0. The van der Waals surface area contributed by atoms with Gasteiger partial charge in [0.1, 0.15) is 0 Å². The molecular formula is C14H20N4O2. The first-order valence-electron chi connectivity index (χ1n) is 6.67. The number of pyridine rings is 1. The number of hydrogen-bond acceptors (Lipinski definition) is 4. The van der Waals surface area contributed by atoms with E-state index >= 15 is 0 Å². The fraction of sp³-hybridized carbons (Fsp3) is 0.500. The molecule has 0 saturated carbocycles. The average molecular weight is 276 g/mol. The molecule has 2 heterocycles. The van der Waals surface area contributed by atoms with Crippen LogP contribution in [0.4, 0.5) is 0 Å². The summed E-state index contributed by atoms with van der Waals surface area (Å²) in [6, 6.07) is 3.87. The molecule has 2 rings (SSSR count). The number of rotatable bonds is 6. The van der Waals surface area contributed by atoms with Crippen molar-refractivity contribution in [2.24, 2.45) is 16.9 Å². The second-order valence-corrected chi connectivity index (χ2v) is 5.61. The molecule has 0 aliphatic carbocycles. The van der Waals surface area contributed by atoms with E-state index in [4.69, 9.17) is 11.5 Å². The highest BCUT2D eigenvalue weighted by molar-refractivity contribution is 5.76. The van der Waals surface area contributed by atoms with Crippen LogP contribution >= 0.6 is 0 Å². The Morgan fingerprint density at radius 1 is 1.35 bits per heavy atom. The van der Waals surface area contributed by atoms with Crippen LogP contribution in [0.5, 0.6) is 0 Å². The van der Waals surface area contributed by atoms with Gasteiger partial charge in [0, 0.05) is 25.4 Å². The third kappa shape index (κ3) is 3.77. The van der Waals surface area contributed by atoms with Gasteiger partial charge in [-0.15, -0.1) is 0 Å². The lowest BCUT2D eigenvalue weighted by atomic mass is 9.78. The Morgan fingerprint density at radius 3 is 2.75 bits per heavy atom. The zero-order chi connectivity index (χ0) is 14.6. The number of carbonyl (C=O) groups is 2. The smallest absolute Gasteiger partial charge is 0.231 e. The lowest BCUT2D eigenvalue weighted by molar-refractivity contribution is -0.120. The zero-order valence-electron chi connectivity index (χ0n) is 11.4. The zero-order valence-corrected chi connectivity index (χ0v) is 11.4. The van der Waals surface area contributed by atoms with Crippen LogP contribution in [0.15, 0.2) is 24.5 Å². The maximum absolute atomic E-state index is 11.4. The summed E-state index contributed by atoms with van der Waals surface area (Å²) in [5.74, 6) is -0.656. The number of primary amides is 2. The van der Waals surface area contributed by atoms with Gasteiger partial charge in [-0.05, 0) is 36.4 Å². The summed E-state index contributed by atoms with van der Waals surface area (Å²) in [5, 5.41) is 0. The highest BCUT2D eigenvalue weighted by Crippen LogP contribution is 2.37. The molecule has 0 aromatic carbocycles. The number of amides is 2. The first kappa shape index (κ1) is 14.5. The summed E-state index contributed by atoms with van der Waals surface area (Å²) in [6.07, 6.45) is 5.41. The van der Waals surface area contributed by atoms with E-state index in [1.165, 1.54) is 0 Å². The topological polar surface area (TPSA) is 102 Å². The third-order valence-corrected chi connectivity index (χ3v) is 3.75. The third-order valence-electron chi connectivity index (χ3n) is 3.75. The van der Waals surface area contributed by atoms with Gasteiger partial charge >= 0.3 is 0 Å². The average Bonchev–Trinajstić information content (AvgIpc) is 2.71. The van der Waals surface area contributed by atoms with Crippen molar-refractivity contribution in [1.82, 2.24) is 9.88 Å². The standard InChI is InChI=1S/C14H20N4O2/c15-12(19)7-14(6-11-2-1-4-17-8-11)3-5-18(10-14)9-13(16)20/h1-2,4,8H,3,5-7,9-10H2,(H2,15,19)(H2,16,20). The Balaban J connectivity index is 2.11. The first-order valence-corrected chi connectivity index (χ1v) is 6.67. The molecule has 4 N–H and O–H groups in total. The summed E-state index contributed by atoms with van der Waals surface area (Å²) in [5.41, 5.74) is 11.5. The molecular weight excluding hydrogens is 256 g/mol. The molecule has 1 aliphatic rings. The van der Waals surface area contributed by atoms with Crippen molar-refractivity contribution in [3.8, 4) is 0 Å². The Kier molecular flexibility index (Phi) is 4.34. The molecule has 6 heteroatoms. The quantitative estimate of drug-likeness (QED) is 0.743. The lowest BCUT2D eigenvalue weighted by Gasteiger charge is -2.28. The van der Waals surface area contributed by atoms with Crippen LogP contribution in [0.1, 0.15) is 18.4 Å². The Labute approximate surface area is 118 Å². The van der Waals surface area contributed by atoms with Gasteiger partial charge in [0.25, 0.3) is 0 Å². The van der Waals surface area contributed by atoms with E-state index in [2.05, 4.69) is 4.98 Å². The van der Waals surface area contributed by atoms with Crippen molar-refractivity contribution in [1.29, 1.82) is 0 Å². The van der Waals surface area contributed by atoms with Gasteiger partial charge in [0.05, 0.1) is 6.54 Å². The van der Waals surface area contributed by atoms with Gasteiger partial charge in [0.2, 0.25) is 11.8 Å². The fourth-order valence-electron chi connectivity index (χ4n) is 3.04. The Morgan fingerprint density at radius 2 is 2.15 bits per heavy atom. The van der Waals surface area contributed by atoms with Crippen molar-refractivity contribution < 1.29 is 9.59 Å². The van der Waals surface area contributed by atoms with Crippen LogP contribution in [-0.2, 0) is 16.0 Å². The minimum atomic E-state index is -0.346. The summed E-state index contributed by atoms with van der Waals surface area (Å²) in [7, 11) is 0. The molecule has 6 nitrogen and oxygen atoms in total. The highest BCUT2D eigenvalue weighted by atomic mass is 16.1. The molecule has 0 spiro atoms. The number of hydrogen-bond donors (Lipinski definition) is 2. The minimum absolute atomic E-state index is 0.218. The summed E-state index contributed by atoms with van der Waals surface area (Å²) in [6.45, 7) is 1.65. The SMILES string of the molecule is NC(=O)CN1CCC(CC(N)=O)(Cc2cccnc2)C1. The molecule has 20 heavy (non-hydrogen) atoms. The fourth-order valence-corrected chi connectivity index (χ4v) is 3.04. The van der Waals surface area contributed by atoms with Crippen molar-refractivity contribution in [3.63, 3.8) is 0 Å². The van der Waals surface area contributed by atoms with Crippen LogP contribution in [0.25, 0.3) is 0 Å². The molecule has 0 bridgehead atoms. The predicted octanol–water partition coefficient (Wildman–Crippen LogP) is -0.323. The molecule has 1 unspecified atom stereocenters. The number of carbonyl (C=O) groups excluding carboxylic acids is 2. The normalized spacial score (nSPS) is 22.8. The van der Waals surface area contributed by atoms with Gasteiger partial charge in [-0.2, -0.15) is 0 Å². The molecule has 1 aliphatic heterocycles. The summed E-state index contributed by atoms with van der Waals surface area (Å²) in [4.78, 5) is 28.5. The number of nitrogens with two attached hydrogens (primary N) is 2. The van der Waals surface area contributed by atoms with E-state index in [9.17, 15) is 9.59 Å². The van der Waals surface area contributed by atoms with Crippen LogP contribution in [-0.4, -0.2) is 41.3 Å². The second-order valence-electron chi connectivity index (χ2n) is 5.61. The largest absolute Gasteiger partial charge is 0.370 e. The monoisotopic (exact) mass is 276 g/mol. The van der Waals surface area contributed by atoms with Gasteiger partial charge in [-0.3, -0.25) is 19.5 Å². The molecule has 1 atom stereocenters. The molecule has 1 fully saturated rings. The van der Waals surface area contributed by atoms with Crippen LogP contribution < -0.4 is 11.5 Å². The molecule has 0 radical (unpaired) electrons. The van der Waals surface area contributed by atoms with Gasteiger partial charge < -0.3 is 11.5 Å². The van der Waals surface area contributed by atoms with E-state index in [1.807, 2.05) is 17.0 Å². The number of nitrogens with zero attached hydrogens (tertiary/aromatic N) is 2. The van der Waals surface area contributed by atoms with Crippen molar-refractivity contribution in [3.05, 3.63) is 30.1 Å². The molecule has 2 amide bonds. The molecule has 108 valence electrons. The maximum Gasteiger partial charge on any atom is 0.231 e. The number of aromatic nitrogens is 1. The molecule has 1 aromatic rings. The Hall–Kier alpha value is -1.95. The second kappa shape index (κ2) is 6.00. The lowest BCUT2D eigenvalue weighted by Crippen LogP contribution is -2.37. The maximum atomic E-state index is 11.4. The summed E-state index contributed by atoms with van der Waals surface area (Å²) >= 11 is 0. The van der Waals surface area contributed by atoms with E-state index in [-0.39, 0.29) is 23.8 Å². The van der Waals surface area contributed by atoms with Crippen molar-refractivity contribution >= 4 is 11.8 Å². The first-order chi connectivity index (χ1) is 9.49. The highest BCUT2D eigenvalue weighted by Gasteiger charge is 2.39. The minimum Gasteiger partial charge on any atom is -0.370 e. The van der Waals surface area contributed by atoms with Crippen LogP contribution in [0.2, 0.25) is 0 Å².